The molecule has 0 radical (unpaired) electrons. The predicted octanol–water partition coefficient (Wildman–Crippen LogP) is 1.01. The number of carboxylic acids is 1. The minimum Gasteiger partial charge on any atom is -0.481 e. The summed E-state index contributed by atoms with van der Waals surface area (Å²) >= 11 is 1.25. The first kappa shape index (κ1) is 13.1. The van der Waals surface area contributed by atoms with Gasteiger partial charge in [0.15, 0.2) is 5.16 Å². The third-order valence-corrected chi connectivity index (χ3v) is 3.25. The van der Waals surface area contributed by atoms with Crippen molar-refractivity contribution in [3.8, 4) is 0 Å². The van der Waals surface area contributed by atoms with E-state index >= 15 is 0 Å². The van der Waals surface area contributed by atoms with Crippen LogP contribution in [0, 0.1) is 0 Å². The zero-order valence-electron chi connectivity index (χ0n) is 9.59. The van der Waals surface area contributed by atoms with Crippen molar-refractivity contribution in [3.63, 3.8) is 0 Å². The Morgan fingerprint density at radius 2 is 2.44 bits per heavy atom. The van der Waals surface area contributed by atoms with Crippen molar-refractivity contribution in [2.45, 2.75) is 18.6 Å². The summed E-state index contributed by atoms with van der Waals surface area (Å²) in [7, 11) is 2.06. The lowest BCUT2D eigenvalue weighted by molar-refractivity contribution is -0.133. The van der Waals surface area contributed by atoms with Crippen molar-refractivity contribution >= 4 is 17.7 Å². The van der Waals surface area contributed by atoms with Crippen LogP contribution in [0.2, 0.25) is 0 Å². The van der Waals surface area contributed by atoms with Crippen LogP contribution in [0.1, 0.15) is 6.92 Å². The van der Waals surface area contributed by atoms with E-state index in [2.05, 4.69) is 23.9 Å². The predicted molar refractivity (Wildman–Crippen MR) is 63.8 cm³/mol. The molecule has 16 heavy (non-hydrogen) atoms. The Morgan fingerprint density at radius 1 is 1.69 bits per heavy atom. The van der Waals surface area contributed by atoms with E-state index in [-0.39, 0.29) is 5.75 Å². The SMILES string of the molecule is CCN(C)CCn1ccnc1SCC(=O)O. The Bertz CT molecular complexity index is 341. The maximum atomic E-state index is 10.5. The molecule has 0 aliphatic rings. The molecule has 0 saturated carbocycles. The second kappa shape index (κ2) is 6.55. The highest BCUT2D eigenvalue weighted by Gasteiger charge is 2.06. The smallest absolute Gasteiger partial charge is 0.313 e. The first-order valence-corrected chi connectivity index (χ1v) is 6.16. The van der Waals surface area contributed by atoms with Crippen molar-refractivity contribution in [1.29, 1.82) is 0 Å². The second-order valence-electron chi connectivity index (χ2n) is 3.48. The number of hydrogen-bond donors (Lipinski definition) is 1. The van der Waals surface area contributed by atoms with Crippen LogP contribution in [-0.4, -0.2) is 51.4 Å². The summed E-state index contributed by atoms with van der Waals surface area (Å²) in [5.41, 5.74) is 0. The van der Waals surface area contributed by atoms with Gasteiger partial charge in [-0.2, -0.15) is 0 Å². The molecule has 0 fully saturated rings. The van der Waals surface area contributed by atoms with Gasteiger partial charge in [-0.25, -0.2) is 4.98 Å². The van der Waals surface area contributed by atoms with Crippen LogP contribution in [0.4, 0.5) is 0 Å². The van der Waals surface area contributed by atoms with Crippen LogP contribution in [0.15, 0.2) is 17.6 Å². The Labute approximate surface area is 99.5 Å². The Hall–Kier alpha value is -1.01. The lowest BCUT2D eigenvalue weighted by Gasteiger charge is -2.14. The third kappa shape index (κ3) is 4.24. The topological polar surface area (TPSA) is 58.4 Å². The van der Waals surface area contributed by atoms with Gasteiger partial charge < -0.3 is 14.6 Å². The highest BCUT2D eigenvalue weighted by Crippen LogP contribution is 2.15. The van der Waals surface area contributed by atoms with E-state index in [9.17, 15) is 4.79 Å². The first-order valence-electron chi connectivity index (χ1n) is 5.17. The highest BCUT2D eigenvalue weighted by atomic mass is 32.2. The van der Waals surface area contributed by atoms with E-state index in [1.54, 1.807) is 6.20 Å². The average molecular weight is 243 g/mol. The number of aromatic nitrogens is 2. The van der Waals surface area contributed by atoms with Crippen LogP contribution in [0.25, 0.3) is 0 Å². The molecule has 90 valence electrons. The summed E-state index contributed by atoms with van der Waals surface area (Å²) < 4.78 is 1.99. The van der Waals surface area contributed by atoms with E-state index in [1.165, 1.54) is 11.8 Å². The zero-order valence-corrected chi connectivity index (χ0v) is 10.4. The fourth-order valence-corrected chi connectivity index (χ4v) is 1.87. The molecule has 1 aromatic heterocycles. The molecule has 1 aromatic rings. The average Bonchev–Trinajstić information content (AvgIpc) is 2.70. The molecule has 0 unspecified atom stereocenters. The quantitative estimate of drug-likeness (QED) is 0.724. The molecule has 1 heterocycles. The molecule has 1 rings (SSSR count). The van der Waals surface area contributed by atoms with Gasteiger partial charge in [0.1, 0.15) is 0 Å². The maximum Gasteiger partial charge on any atom is 0.313 e. The summed E-state index contributed by atoms with van der Waals surface area (Å²) in [5, 5.41) is 9.36. The van der Waals surface area contributed by atoms with E-state index < -0.39 is 5.97 Å². The van der Waals surface area contributed by atoms with Crippen molar-refractivity contribution in [2.24, 2.45) is 0 Å². The minimum absolute atomic E-state index is 0.0562. The molecule has 5 nitrogen and oxygen atoms in total. The molecule has 0 aliphatic carbocycles. The molecule has 0 saturated heterocycles. The lowest BCUT2D eigenvalue weighted by Crippen LogP contribution is -2.22. The number of likely N-dealkylation sites (N-methyl/N-ethyl adjacent to an activating group) is 1. The van der Waals surface area contributed by atoms with Gasteiger partial charge in [-0.05, 0) is 13.6 Å². The number of aliphatic carboxylic acids is 1. The standard InChI is InChI=1S/C10H17N3O2S/c1-3-12(2)6-7-13-5-4-11-10(13)16-8-9(14)15/h4-5H,3,6-8H2,1-2H3,(H,14,15). The molecule has 6 heteroatoms. The fourth-order valence-electron chi connectivity index (χ4n) is 1.17. The number of imidazole rings is 1. The van der Waals surface area contributed by atoms with Gasteiger partial charge >= 0.3 is 5.97 Å². The van der Waals surface area contributed by atoms with Gasteiger partial charge in [0.2, 0.25) is 0 Å². The number of thioether (sulfide) groups is 1. The van der Waals surface area contributed by atoms with E-state index in [0.29, 0.717) is 0 Å². The van der Waals surface area contributed by atoms with Crippen molar-refractivity contribution in [3.05, 3.63) is 12.4 Å². The van der Waals surface area contributed by atoms with Gasteiger partial charge in [0.05, 0.1) is 5.75 Å². The molecule has 1 N–H and O–H groups in total. The molecular weight excluding hydrogens is 226 g/mol. The Balaban J connectivity index is 2.46. The number of nitrogens with zero attached hydrogens (tertiary/aromatic N) is 3. The van der Waals surface area contributed by atoms with Crippen LogP contribution in [-0.2, 0) is 11.3 Å². The van der Waals surface area contributed by atoms with Gasteiger partial charge in [-0.1, -0.05) is 18.7 Å². The number of rotatable bonds is 7. The molecule has 0 aromatic carbocycles. The van der Waals surface area contributed by atoms with E-state index in [0.717, 1.165) is 24.8 Å². The highest BCUT2D eigenvalue weighted by molar-refractivity contribution is 7.99. The minimum atomic E-state index is -0.815. The normalized spacial score (nSPS) is 10.9. The van der Waals surface area contributed by atoms with Crippen LogP contribution < -0.4 is 0 Å². The summed E-state index contributed by atoms with van der Waals surface area (Å²) in [6, 6.07) is 0. The molecule has 0 bridgehead atoms. The molecule has 0 aliphatic heterocycles. The molecule has 0 spiro atoms. The van der Waals surface area contributed by atoms with Gasteiger partial charge in [0.25, 0.3) is 0 Å². The monoisotopic (exact) mass is 243 g/mol. The van der Waals surface area contributed by atoms with Crippen LogP contribution >= 0.6 is 11.8 Å². The van der Waals surface area contributed by atoms with Crippen LogP contribution in [0.3, 0.4) is 0 Å². The van der Waals surface area contributed by atoms with Gasteiger partial charge in [-0.15, -0.1) is 0 Å². The third-order valence-electron chi connectivity index (χ3n) is 2.26. The molecular formula is C10H17N3O2S. The molecule has 0 amide bonds. The number of carbonyl (C=O) groups is 1. The second-order valence-corrected chi connectivity index (χ2v) is 4.42. The Kier molecular flexibility index (Phi) is 5.34. The molecule has 0 atom stereocenters. The van der Waals surface area contributed by atoms with Crippen molar-refractivity contribution < 1.29 is 9.90 Å². The maximum absolute atomic E-state index is 10.5. The van der Waals surface area contributed by atoms with Gasteiger partial charge in [0, 0.05) is 25.5 Å². The number of hydrogen-bond acceptors (Lipinski definition) is 4. The largest absolute Gasteiger partial charge is 0.481 e. The Morgan fingerprint density at radius 3 is 3.06 bits per heavy atom. The van der Waals surface area contributed by atoms with Gasteiger partial charge in [-0.3, -0.25) is 4.79 Å². The lowest BCUT2D eigenvalue weighted by atomic mass is 10.5. The summed E-state index contributed by atoms with van der Waals surface area (Å²) in [4.78, 5) is 16.8. The number of carboxylic acid groups (broad SMARTS) is 1. The van der Waals surface area contributed by atoms with E-state index in [1.807, 2.05) is 10.8 Å². The summed E-state index contributed by atoms with van der Waals surface area (Å²) in [5.74, 6) is -0.758. The first-order chi connectivity index (χ1) is 7.63. The van der Waals surface area contributed by atoms with Crippen molar-refractivity contribution in [2.75, 3.05) is 25.9 Å². The summed E-state index contributed by atoms with van der Waals surface area (Å²) in [6.45, 7) is 4.89. The zero-order chi connectivity index (χ0) is 12.0. The van der Waals surface area contributed by atoms with E-state index in [4.69, 9.17) is 5.11 Å². The van der Waals surface area contributed by atoms with Crippen LogP contribution in [0.5, 0.6) is 0 Å². The summed E-state index contributed by atoms with van der Waals surface area (Å²) in [6.07, 6.45) is 3.59. The fraction of sp³-hybridized carbons (Fsp3) is 0.600. The van der Waals surface area contributed by atoms with Crippen molar-refractivity contribution in [1.82, 2.24) is 14.5 Å².